The van der Waals surface area contributed by atoms with E-state index in [2.05, 4.69) is 31.1 Å². The Morgan fingerprint density at radius 3 is 3.00 bits per heavy atom. The molecule has 0 saturated heterocycles. The molecule has 1 aliphatic carbocycles. The molecule has 2 heterocycles. The van der Waals surface area contributed by atoms with Crippen LogP contribution in [0.15, 0.2) is 31.7 Å². The van der Waals surface area contributed by atoms with Crippen LogP contribution >= 0.6 is 27.7 Å². The Labute approximate surface area is 116 Å². The molecule has 3 rings (SSSR count). The van der Waals surface area contributed by atoms with Gasteiger partial charge in [0, 0.05) is 16.7 Å². The lowest BCUT2D eigenvalue weighted by molar-refractivity contribution is 0.642. The number of pyridine rings is 1. The highest BCUT2D eigenvalue weighted by molar-refractivity contribution is 9.10. The molecule has 0 amide bonds. The van der Waals surface area contributed by atoms with Crippen LogP contribution in [0.4, 0.5) is 0 Å². The topological polar surface area (TPSA) is 63.6 Å². The number of rotatable bonds is 3. The normalized spacial score (nSPS) is 15.0. The molecule has 1 saturated carbocycles. The first-order chi connectivity index (χ1) is 8.65. The lowest BCUT2D eigenvalue weighted by atomic mass is 10.3. The number of nitrogens with zero attached hydrogens (tertiary/aromatic N) is 3. The quantitative estimate of drug-likeness (QED) is 0.941. The first-order valence-electron chi connectivity index (χ1n) is 5.62. The minimum absolute atomic E-state index is 0.130. The number of aromatic amines is 1. The Bertz CT molecular complexity index is 647. The molecule has 94 valence electrons. The van der Waals surface area contributed by atoms with Gasteiger partial charge in [-0.2, -0.15) is 0 Å². The number of aromatic nitrogens is 4. The van der Waals surface area contributed by atoms with E-state index >= 15 is 0 Å². The SMILES string of the molecule is Cc1cc(Br)cnc1Sc1n[nH]c(=O)n1C1CC1. The van der Waals surface area contributed by atoms with Crippen molar-refractivity contribution in [2.75, 3.05) is 0 Å². The van der Waals surface area contributed by atoms with Crippen LogP contribution in [0.3, 0.4) is 0 Å². The van der Waals surface area contributed by atoms with Gasteiger partial charge in [-0.05, 0) is 59.1 Å². The van der Waals surface area contributed by atoms with E-state index in [4.69, 9.17) is 0 Å². The summed E-state index contributed by atoms with van der Waals surface area (Å²) in [5, 5.41) is 8.15. The molecule has 1 fully saturated rings. The number of hydrogen-bond donors (Lipinski definition) is 1. The van der Waals surface area contributed by atoms with Gasteiger partial charge in [-0.1, -0.05) is 0 Å². The third-order valence-electron chi connectivity index (χ3n) is 2.77. The van der Waals surface area contributed by atoms with Gasteiger partial charge >= 0.3 is 5.69 Å². The van der Waals surface area contributed by atoms with Gasteiger partial charge < -0.3 is 0 Å². The van der Waals surface area contributed by atoms with Crippen molar-refractivity contribution < 1.29 is 0 Å². The zero-order valence-electron chi connectivity index (χ0n) is 9.68. The Morgan fingerprint density at radius 2 is 2.33 bits per heavy atom. The molecule has 0 bridgehead atoms. The second kappa shape index (κ2) is 4.55. The van der Waals surface area contributed by atoms with Crippen LogP contribution in [-0.2, 0) is 0 Å². The molecular formula is C11H11BrN4OS. The van der Waals surface area contributed by atoms with E-state index in [0.29, 0.717) is 11.2 Å². The molecule has 0 spiro atoms. The third kappa shape index (κ3) is 2.24. The number of H-pyrrole nitrogens is 1. The molecule has 0 atom stereocenters. The van der Waals surface area contributed by atoms with Crippen LogP contribution < -0.4 is 5.69 Å². The molecule has 2 aromatic heterocycles. The van der Waals surface area contributed by atoms with Crippen molar-refractivity contribution in [1.82, 2.24) is 19.7 Å². The van der Waals surface area contributed by atoms with E-state index in [1.54, 1.807) is 10.8 Å². The fourth-order valence-electron chi connectivity index (χ4n) is 1.74. The van der Waals surface area contributed by atoms with E-state index in [0.717, 1.165) is 27.9 Å². The maximum atomic E-state index is 11.7. The van der Waals surface area contributed by atoms with Gasteiger partial charge in [-0.25, -0.2) is 14.9 Å². The van der Waals surface area contributed by atoms with Gasteiger partial charge in [0.25, 0.3) is 0 Å². The van der Waals surface area contributed by atoms with E-state index in [1.165, 1.54) is 11.8 Å². The molecule has 18 heavy (non-hydrogen) atoms. The zero-order chi connectivity index (χ0) is 12.7. The molecule has 7 heteroatoms. The molecule has 0 aliphatic heterocycles. The maximum Gasteiger partial charge on any atom is 0.344 e. The summed E-state index contributed by atoms with van der Waals surface area (Å²) in [4.78, 5) is 16.0. The van der Waals surface area contributed by atoms with E-state index in [1.807, 2.05) is 13.0 Å². The van der Waals surface area contributed by atoms with Crippen molar-refractivity contribution >= 4 is 27.7 Å². The van der Waals surface area contributed by atoms with Gasteiger partial charge in [0.15, 0.2) is 5.16 Å². The average molecular weight is 327 g/mol. The van der Waals surface area contributed by atoms with Crippen LogP contribution in [0.1, 0.15) is 24.4 Å². The van der Waals surface area contributed by atoms with Gasteiger partial charge in [0.2, 0.25) is 0 Å². The number of hydrogen-bond acceptors (Lipinski definition) is 4. The number of aryl methyl sites for hydroxylation is 1. The van der Waals surface area contributed by atoms with Crippen molar-refractivity contribution in [2.24, 2.45) is 0 Å². The summed E-state index contributed by atoms with van der Waals surface area (Å²) in [7, 11) is 0. The first kappa shape index (κ1) is 12.0. The summed E-state index contributed by atoms with van der Waals surface area (Å²) >= 11 is 4.81. The summed E-state index contributed by atoms with van der Waals surface area (Å²) in [6.07, 6.45) is 3.86. The Balaban J connectivity index is 1.94. The predicted molar refractivity (Wildman–Crippen MR) is 71.9 cm³/mol. The standard InChI is InChI=1S/C11H11BrN4OS/c1-6-4-7(12)5-13-9(6)18-11-15-14-10(17)16(11)8-2-3-8/h4-5,8H,2-3H2,1H3,(H,14,17). The Hall–Kier alpha value is -1.08. The van der Waals surface area contributed by atoms with Crippen LogP contribution in [0.25, 0.3) is 0 Å². The molecule has 1 N–H and O–H groups in total. The van der Waals surface area contributed by atoms with Crippen molar-refractivity contribution in [3.05, 3.63) is 32.8 Å². The largest absolute Gasteiger partial charge is 0.344 e. The second-order valence-corrected chi connectivity index (χ2v) is 6.16. The molecule has 5 nitrogen and oxygen atoms in total. The molecular weight excluding hydrogens is 316 g/mol. The van der Waals surface area contributed by atoms with Crippen molar-refractivity contribution in [2.45, 2.75) is 36.0 Å². The summed E-state index contributed by atoms with van der Waals surface area (Å²) < 4.78 is 2.68. The second-order valence-electron chi connectivity index (χ2n) is 4.29. The van der Waals surface area contributed by atoms with E-state index in [9.17, 15) is 4.79 Å². The fourth-order valence-corrected chi connectivity index (χ4v) is 3.10. The monoisotopic (exact) mass is 326 g/mol. The minimum Gasteiger partial charge on any atom is -0.267 e. The van der Waals surface area contributed by atoms with Crippen molar-refractivity contribution in [3.63, 3.8) is 0 Å². The lowest BCUT2D eigenvalue weighted by Gasteiger charge is -2.05. The minimum atomic E-state index is -0.130. The molecule has 2 aromatic rings. The number of nitrogens with one attached hydrogen (secondary N) is 1. The smallest absolute Gasteiger partial charge is 0.267 e. The van der Waals surface area contributed by atoms with Crippen LogP contribution in [0, 0.1) is 6.92 Å². The highest BCUT2D eigenvalue weighted by Gasteiger charge is 2.29. The van der Waals surface area contributed by atoms with Gasteiger partial charge in [0.1, 0.15) is 5.03 Å². The maximum absolute atomic E-state index is 11.7. The molecule has 1 aliphatic rings. The highest BCUT2D eigenvalue weighted by Crippen LogP contribution is 2.37. The van der Waals surface area contributed by atoms with Gasteiger partial charge in [-0.15, -0.1) is 5.10 Å². The van der Waals surface area contributed by atoms with Gasteiger partial charge in [-0.3, -0.25) is 4.57 Å². The summed E-state index contributed by atoms with van der Waals surface area (Å²) in [5.41, 5.74) is 0.932. The zero-order valence-corrected chi connectivity index (χ0v) is 12.1. The Kier molecular flexibility index (Phi) is 3.03. The lowest BCUT2D eigenvalue weighted by Crippen LogP contribution is -2.16. The average Bonchev–Trinajstić information content (AvgIpc) is 3.08. The predicted octanol–water partition coefficient (Wildman–Crippen LogP) is 2.52. The Morgan fingerprint density at radius 1 is 1.56 bits per heavy atom. The van der Waals surface area contributed by atoms with Gasteiger partial charge in [0.05, 0.1) is 0 Å². The van der Waals surface area contributed by atoms with Crippen molar-refractivity contribution in [1.29, 1.82) is 0 Å². The van der Waals surface area contributed by atoms with E-state index < -0.39 is 0 Å². The summed E-state index contributed by atoms with van der Waals surface area (Å²) in [6, 6.07) is 2.32. The summed E-state index contributed by atoms with van der Waals surface area (Å²) in [6.45, 7) is 1.99. The molecule has 0 unspecified atom stereocenters. The van der Waals surface area contributed by atoms with E-state index in [-0.39, 0.29) is 5.69 Å². The highest BCUT2D eigenvalue weighted by atomic mass is 79.9. The van der Waals surface area contributed by atoms with Crippen LogP contribution in [0.2, 0.25) is 0 Å². The van der Waals surface area contributed by atoms with Crippen LogP contribution in [-0.4, -0.2) is 19.7 Å². The van der Waals surface area contributed by atoms with Crippen molar-refractivity contribution in [3.8, 4) is 0 Å². The molecule has 0 radical (unpaired) electrons. The fraction of sp³-hybridized carbons (Fsp3) is 0.364. The molecule has 0 aromatic carbocycles. The third-order valence-corrected chi connectivity index (χ3v) is 4.29. The van der Waals surface area contributed by atoms with Crippen LogP contribution in [0.5, 0.6) is 0 Å². The number of halogens is 1. The first-order valence-corrected chi connectivity index (χ1v) is 7.23. The summed E-state index contributed by atoms with van der Waals surface area (Å²) in [5.74, 6) is 0.